The summed E-state index contributed by atoms with van der Waals surface area (Å²) in [4.78, 5) is 44.2. The van der Waals surface area contributed by atoms with Gasteiger partial charge in [0.25, 0.3) is 11.5 Å². The van der Waals surface area contributed by atoms with E-state index in [1.54, 1.807) is 15.7 Å². The van der Waals surface area contributed by atoms with Gasteiger partial charge in [-0.3, -0.25) is 14.4 Å². The molecule has 1 aliphatic rings. The summed E-state index contributed by atoms with van der Waals surface area (Å²) in [5.74, 6) is -0.399. The fourth-order valence-corrected chi connectivity index (χ4v) is 4.41. The summed E-state index contributed by atoms with van der Waals surface area (Å²) in [6.45, 7) is 3.19. The van der Waals surface area contributed by atoms with Crippen molar-refractivity contribution < 1.29 is 9.59 Å². The molecule has 0 fully saturated rings. The van der Waals surface area contributed by atoms with E-state index in [1.165, 1.54) is 18.3 Å². The lowest BCUT2D eigenvalue weighted by Crippen LogP contribution is -2.40. The lowest BCUT2D eigenvalue weighted by molar-refractivity contribution is -0.129. The Kier molecular flexibility index (Phi) is 6.27. The Bertz CT molecular complexity index is 1140. The Labute approximate surface area is 184 Å². The number of hydrogen-bond donors (Lipinski definition) is 1. The highest BCUT2D eigenvalue weighted by molar-refractivity contribution is 7.09. The molecule has 0 spiro atoms. The summed E-state index contributed by atoms with van der Waals surface area (Å²) < 4.78 is 1.60. The second-order valence-electron chi connectivity index (χ2n) is 7.54. The average molecular weight is 437 g/mol. The number of hydrogen-bond acceptors (Lipinski definition) is 5. The molecule has 4 rings (SSSR count). The number of nitrogens with one attached hydrogen (secondary N) is 1. The highest BCUT2D eigenvalue weighted by atomic mass is 32.1. The first-order chi connectivity index (χ1) is 15.0. The maximum atomic E-state index is 13.3. The van der Waals surface area contributed by atoms with Crippen molar-refractivity contribution in [1.29, 1.82) is 0 Å². The van der Waals surface area contributed by atoms with E-state index in [2.05, 4.69) is 10.3 Å². The molecule has 0 saturated carbocycles. The molecule has 3 heterocycles. The van der Waals surface area contributed by atoms with E-state index in [-0.39, 0.29) is 29.5 Å². The topological polar surface area (TPSA) is 84.3 Å². The Hall–Kier alpha value is -3.26. The van der Waals surface area contributed by atoms with Crippen molar-refractivity contribution in [2.24, 2.45) is 0 Å². The van der Waals surface area contributed by atoms with Gasteiger partial charge in [-0.05, 0) is 29.5 Å². The monoisotopic (exact) mass is 436 g/mol. The first-order valence-electron chi connectivity index (χ1n) is 10.2. The number of pyridine rings is 1. The molecule has 7 nitrogen and oxygen atoms in total. The third-order valence-electron chi connectivity index (χ3n) is 5.51. The van der Waals surface area contributed by atoms with Gasteiger partial charge < -0.3 is 14.8 Å². The van der Waals surface area contributed by atoms with Crippen molar-refractivity contribution in [3.05, 3.63) is 85.7 Å². The predicted octanol–water partition coefficient (Wildman–Crippen LogP) is 2.38. The van der Waals surface area contributed by atoms with Gasteiger partial charge in [-0.2, -0.15) is 0 Å². The average Bonchev–Trinajstić information content (AvgIpc) is 3.30. The molecule has 160 valence electrons. The summed E-state index contributed by atoms with van der Waals surface area (Å²) in [5.41, 5.74) is 2.61. The number of fused-ring (bicyclic) bond motifs is 1. The second kappa shape index (κ2) is 9.26. The van der Waals surface area contributed by atoms with E-state index in [0.717, 1.165) is 21.7 Å². The molecule has 0 unspecified atom stereocenters. The van der Waals surface area contributed by atoms with E-state index in [1.807, 2.05) is 41.9 Å². The number of aryl methyl sites for hydroxylation is 2. The van der Waals surface area contributed by atoms with E-state index in [9.17, 15) is 14.4 Å². The van der Waals surface area contributed by atoms with Crippen LogP contribution in [0.1, 0.15) is 39.0 Å². The van der Waals surface area contributed by atoms with Gasteiger partial charge in [0.05, 0.1) is 6.54 Å². The highest BCUT2D eigenvalue weighted by Gasteiger charge is 2.27. The van der Waals surface area contributed by atoms with Crippen LogP contribution in [0.3, 0.4) is 0 Å². The maximum absolute atomic E-state index is 13.3. The second-order valence-corrected chi connectivity index (χ2v) is 8.52. The molecular formula is C23H24N4O3S. The molecule has 31 heavy (non-hydrogen) atoms. The minimum atomic E-state index is -0.387. The van der Waals surface area contributed by atoms with Crippen molar-refractivity contribution in [2.75, 3.05) is 6.54 Å². The molecule has 0 bridgehead atoms. The molecular weight excluding hydrogens is 412 g/mol. The fourth-order valence-electron chi connectivity index (χ4n) is 3.86. The quantitative estimate of drug-likeness (QED) is 0.643. The number of benzene rings is 1. The third-order valence-corrected chi connectivity index (χ3v) is 6.29. The first-order valence-corrected chi connectivity index (χ1v) is 11.1. The standard InChI is InChI=1S/C23H24N4O3S/c1-16(28)26-11-8-19-18(14-26)15-27(10-7-17-5-3-2-4-6-17)23(30)21(19)22(29)25-13-20-24-9-12-31-20/h2-6,9,12,15H,7-8,10-11,13-14H2,1H3,(H,25,29). The van der Waals surface area contributed by atoms with Gasteiger partial charge in [0, 0.05) is 44.3 Å². The Morgan fingerprint density at radius 1 is 1.23 bits per heavy atom. The zero-order chi connectivity index (χ0) is 21.8. The Morgan fingerprint density at radius 2 is 2.03 bits per heavy atom. The SMILES string of the molecule is CC(=O)N1CCc2c(cn(CCc3ccccc3)c(=O)c2C(=O)NCc2nccs2)C1. The lowest BCUT2D eigenvalue weighted by atomic mass is 9.96. The van der Waals surface area contributed by atoms with Crippen LogP contribution in [0, 0.1) is 0 Å². The van der Waals surface area contributed by atoms with Crippen LogP contribution >= 0.6 is 11.3 Å². The van der Waals surface area contributed by atoms with Crippen molar-refractivity contribution in [2.45, 2.75) is 39.4 Å². The minimum Gasteiger partial charge on any atom is -0.345 e. The summed E-state index contributed by atoms with van der Waals surface area (Å²) >= 11 is 1.45. The fraction of sp³-hybridized carbons (Fsp3) is 0.304. The van der Waals surface area contributed by atoms with Crippen molar-refractivity contribution in [3.8, 4) is 0 Å². The Morgan fingerprint density at radius 3 is 2.74 bits per heavy atom. The van der Waals surface area contributed by atoms with Crippen LogP contribution in [0.15, 0.2) is 52.9 Å². The summed E-state index contributed by atoms with van der Waals surface area (Å²) in [6, 6.07) is 9.92. The zero-order valence-electron chi connectivity index (χ0n) is 17.3. The summed E-state index contributed by atoms with van der Waals surface area (Å²) in [5, 5.41) is 5.47. The van der Waals surface area contributed by atoms with Gasteiger partial charge in [-0.25, -0.2) is 4.98 Å². The van der Waals surface area contributed by atoms with Gasteiger partial charge in [0.15, 0.2) is 0 Å². The number of thiazole rings is 1. The van der Waals surface area contributed by atoms with Crippen LogP contribution in [0.2, 0.25) is 0 Å². The van der Waals surface area contributed by atoms with Crippen molar-refractivity contribution in [3.63, 3.8) is 0 Å². The smallest absolute Gasteiger partial charge is 0.263 e. The van der Waals surface area contributed by atoms with Crippen LogP contribution in [0.4, 0.5) is 0 Å². The van der Waals surface area contributed by atoms with Crippen molar-refractivity contribution in [1.82, 2.24) is 19.8 Å². The van der Waals surface area contributed by atoms with E-state index >= 15 is 0 Å². The van der Waals surface area contributed by atoms with Crippen LogP contribution in [-0.4, -0.2) is 32.8 Å². The van der Waals surface area contributed by atoms with Gasteiger partial charge in [-0.1, -0.05) is 30.3 Å². The third kappa shape index (κ3) is 4.74. The molecule has 2 aromatic heterocycles. The minimum absolute atomic E-state index is 0.0116. The molecule has 1 aliphatic heterocycles. The number of amides is 2. The number of nitrogens with zero attached hydrogens (tertiary/aromatic N) is 3. The largest absolute Gasteiger partial charge is 0.345 e. The Balaban J connectivity index is 1.66. The van der Waals surface area contributed by atoms with E-state index in [0.29, 0.717) is 32.5 Å². The number of rotatable bonds is 6. The van der Waals surface area contributed by atoms with Crippen molar-refractivity contribution >= 4 is 23.2 Å². The van der Waals surface area contributed by atoms with Gasteiger partial charge in [0.2, 0.25) is 5.91 Å². The predicted molar refractivity (Wildman–Crippen MR) is 119 cm³/mol. The number of aromatic nitrogens is 2. The van der Waals surface area contributed by atoms with Crippen LogP contribution in [-0.2, 0) is 37.3 Å². The molecule has 0 aliphatic carbocycles. The molecule has 3 aromatic rings. The zero-order valence-corrected chi connectivity index (χ0v) is 18.2. The highest BCUT2D eigenvalue weighted by Crippen LogP contribution is 2.21. The summed E-state index contributed by atoms with van der Waals surface area (Å²) in [6.07, 6.45) is 4.66. The number of carbonyl (C=O) groups excluding carboxylic acids is 2. The maximum Gasteiger partial charge on any atom is 0.263 e. The van der Waals surface area contributed by atoms with E-state index in [4.69, 9.17) is 0 Å². The van der Waals surface area contributed by atoms with Crippen LogP contribution in [0.25, 0.3) is 0 Å². The number of carbonyl (C=O) groups is 2. The van der Waals surface area contributed by atoms with Crippen LogP contribution in [0.5, 0.6) is 0 Å². The van der Waals surface area contributed by atoms with Gasteiger partial charge in [0.1, 0.15) is 10.6 Å². The van der Waals surface area contributed by atoms with Gasteiger partial charge in [-0.15, -0.1) is 11.3 Å². The molecule has 0 saturated heterocycles. The molecule has 8 heteroatoms. The van der Waals surface area contributed by atoms with Crippen LogP contribution < -0.4 is 10.9 Å². The molecule has 2 amide bonds. The summed E-state index contributed by atoms with van der Waals surface area (Å²) in [7, 11) is 0. The first kappa shape index (κ1) is 21.0. The molecule has 0 atom stereocenters. The van der Waals surface area contributed by atoms with E-state index < -0.39 is 0 Å². The normalized spacial score (nSPS) is 13.0. The lowest BCUT2D eigenvalue weighted by Gasteiger charge is -2.29. The molecule has 1 N–H and O–H groups in total. The molecule has 0 radical (unpaired) electrons. The molecule has 1 aromatic carbocycles. The van der Waals surface area contributed by atoms with Gasteiger partial charge >= 0.3 is 0 Å².